The topological polar surface area (TPSA) is 58.1 Å². The predicted molar refractivity (Wildman–Crippen MR) is 135 cm³/mol. The standard InChI is InChI=1S/C23H34N4O2.HI/c1-6-24-23(26-16-20-12-13-21(28-4)22(14-20)29-5)25-15-18(2)27(3)17-19-10-8-7-9-11-19;/h7-14,18H,6,15-17H2,1-5H3,(H2,24,25,26);1H. The highest BCUT2D eigenvalue weighted by Crippen LogP contribution is 2.27. The van der Waals surface area contributed by atoms with E-state index in [9.17, 15) is 0 Å². The van der Waals surface area contributed by atoms with Crippen molar-refractivity contribution in [1.82, 2.24) is 15.5 Å². The Balaban J connectivity index is 0.00000450. The summed E-state index contributed by atoms with van der Waals surface area (Å²) >= 11 is 0. The number of likely N-dealkylation sites (N-methyl/N-ethyl adjacent to an activating group) is 1. The fourth-order valence-electron chi connectivity index (χ4n) is 2.92. The van der Waals surface area contributed by atoms with Crippen molar-refractivity contribution >= 4 is 29.9 Å². The summed E-state index contributed by atoms with van der Waals surface area (Å²) < 4.78 is 10.7. The van der Waals surface area contributed by atoms with Crippen LogP contribution in [0.5, 0.6) is 11.5 Å². The van der Waals surface area contributed by atoms with Crippen LogP contribution in [0.25, 0.3) is 0 Å². The van der Waals surface area contributed by atoms with E-state index in [0.717, 1.165) is 36.9 Å². The first-order valence-corrected chi connectivity index (χ1v) is 10.0. The largest absolute Gasteiger partial charge is 0.493 e. The van der Waals surface area contributed by atoms with Crippen molar-refractivity contribution in [3.05, 3.63) is 59.7 Å². The van der Waals surface area contributed by atoms with Crippen molar-refractivity contribution in [2.45, 2.75) is 33.0 Å². The summed E-state index contributed by atoms with van der Waals surface area (Å²) in [5.41, 5.74) is 2.38. The molecule has 0 saturated carbocycles. The Kier molecular flexibility index (Phi) is 12.2. The van der Waals surface area contributed by atoms with Crippen LogP contribution in [0.3, 0.4) is 0 Å². The molecule has 0 aliphatic carbocycles. The van der Waals surface area contributed by atoms with Crippen LogP contribution in [0.4, 0.5) is 0 Å². The first-order valence-electron chi connectivity index (χ1n) is 10.0. The first kappa shape index (κ1) is 26.0. The van der Waals surface area contributed by atoms with Crippen molar-refractivity contribution in [1.29, 1.82) is 0 Å². The number of nitrogens with zero attached hydrogens (tertiary/aromatic N) is 2. The van der Waals surface area contributed by atoms with Gasteiger partial charge in [0.1, 0.15) is 0 Å². The van der Waals surface area contributed by atoms with Crippen LogP contribution in [-0.2, 0) is 13.1 Å². The zero-order chi connectivity index (χ0) is 21.1. The van der Waals surface area contributed by atoms with E-state index in [1.54, 1.807) is 14.2 Å². The fourth-order valence-corrected chi connectivity index (χ4v) is 2.92. The average molecular weight is 526 g/mol. The maximum Gasteiger partial charge on any atom is 0.191 e. The molecule has 166 valence electrons. The van der Waals surface area contributed by atoms with E-state index < -0.39 is 0 Å². The highest BCUT2D eigenvalue weighted by molar-refractivity contribution is 14.0. The molecular formula is C23H35IN4O2. The molecule has 0 saturated heterocycles. The zero-order valence-electron chi connectivity index (χ0n) is 18.6. The number of benzene rings is 2. The van der Waals surface area contributed by atoms with E-state index in [1.165, 1.54) is 5.56 Å². The van der Waals surface area contributed by atoms with Gasteiger partial charge in [-0.3, -0.25) is 4.90 Å². The second-order valence-electron chi connectivity index (χ2n) is 7.02. The average Bonchev–Trinajstić information content (AvgIpc) is 2.75. The van der Waals surface area contributed by atoms with E-state index in [2.05, 4.69) is 60.7 Å². The van der Waals surface area contributed by atoms with Crippen molar-refractivity contribution in [2.24, 2.45) is 4.99 Å². The third kappa shape index (κ3) is 8.39. The SMILES string of the molecule is CCNC(=NCc1ccc(OC)c(OC)c1)NCC(C)N(C)Cc1ccccc1.I. The lowest BCUT2D eigenvalue weighted by atomic mass is 10.2. The van der Waals surface area contributed by atoms with Gasteiger partial charge in [-0.05, 0) is 44.2 Å². The summed E-state index contributed by atoms with van der Waals surface area (Å²) in [5, 5.41) is 6.76. The Bertz CT molecular complexity index is 771. The van der Waals surface area contributed by atoms with Gasteiger partial charge in [-0.1, -0.05) is 36.4 Å². The fraction of sp³-hybridized carbons (Fsp3) is 0.435. The van der Waals surface area contributed by atoms with Crippen LogP contribution in [-0.4, -0.2) is 51.3 Å². The molecule has 0 aliphatic heterocycles. The van der Waals surface area contributed by atoms with Gasteiger partial charge in [0.05, 0.1) is 20.8 Å². The molecule has 0 fully saturated rings. The molecule has 7 heteroatoms. The Labute approximate surface area is 198 Å². The molecular weight excluding hydrogens is 491 g/mol. The monoisotopic (exact) mass is 526 g/mol. The minimum Gasteiger partial charge on any atom is -0.493 e. The lowest BCUT2D eigenvalue weighted by Gasteiger charge is -2.25. The van der Waals surface area contributed by atoms with Crippen LogP contribution in [0, 0.1) is 0 Å². The van der Waals surface area contributed by atoms with E-state index in [-0.39, 0.29) is 24.0 Å². The molecule has 0 bridgehead atoms. The lowest BCUT2D eigenvalue weighted by molar-refractivity contribution is 0.249. The quantitative estimate of drug-likeness (QED) is 0.280. The molecule has 6 nitrogen and oxygen atoms in total. The summed E-state index contributed by atoms with van der Waals surface area (Å²) in [5.74, 6) is 2.25. The van der Waals surface area contributed by atoms with Gasteiger partial charge < -0.3 is 20.1 Å². The first-order chi connectivity index (χ1) is 14.1. The van der Waals surface area contributed by atoms with E-state index >= 15 is 0 Å². The number of nitrogens with one attached hydrogen (secondary N) is 2. The van der Waals surface area contributed by atoms with Gasteiger partial charge in [0.25, 0.3) is 0 Å². The Hall–Kier alpha value is -2.00. The number of methoxy groups -OCH3 is 2. The van der Waals surface area contributed by atoms with Crippen molar-refractivity contribution in [2.75, 3.05) is 34.4 Å². The smallest absolute Gasteiger partial charge is 0.191 e. The lowest BCUT2D eigenvalue weighted by Crippen LogP contribution is -2.44. The number of rotatable bonds is 10. The molecule has 2 N–H and O–H groups in total. The number of guanidine groups is 1. The molecule has 2 aromatic carbocycles. The summed E-state index contributed by atoms with van der Waals surface area (Å²) in [6.07, 6.45) is 0. The van der Waals surface area contributed by atoms with Gasteiger partial charge >= 0.3 is 0 Å². The van der Waals surface area contributed by atoms with Crippen molar-refractivity contribution in [3.63, 3.8) is 0 Å². The molecule has 0 aliphatic rings. The molecule has 0 amide bonds. The van der Waals surface area contributed by atoms with Crippen LogP contribution < -0.4 is 20.1 Å². The minimum absolute atomic E-state index is 0. The molecule has 1 atom stereocenters. The molecule has 0 heterocycles. The van der Waals surface area contributed by atoms with Crippen LogP contribution in [0.1, 0.15) is 25.0 Å². The van der Waals surface area contributed by atoms with Crippen molar-refractivity contribution in [3.8, 4) is 11.5 Å². The molecule has 0 spiro atoms. The van der Waals surface area contributed by atoms with Crippen LogP contribution in [0.15, 0.2) is 53.5 Å². The summed E-state index contributed by atoms with van der Waals surface area (Å²) in [6, 6.07) is 16.8. The zero-order valence-corrected chi connectivity index (χ0v) is 21.0. The number of aliphatic imine (C=N–C) groups is 1. The van der Waals surface area contributed by atoms with Gasteiger partial charge in [-0.25, -0.2) is 4.99 Å². The Morgan fingerprint density at radius 1 is 1.00 bits per heavy atom. The molecule has 2 aromatic rings. The number of ether oxygens (including phenoxy) is 2. The van der Waals surface area contributed by atoms with Gasteiger partial charge in [-0.15, -0.1) is 24.0 Å². The van der Waals surface area contributed by atoms with E-state index in [0.29, 0.717) is 18.3 Å². The van der Waals surface area contributed by atoms with E-state index in [1.807, 2.05) is 24.3 Å². The molecule has 0 aromatic heterocycles. The third-order valence-electron chi connectivity index (χ3n) is 4.80. The highest BCUT2D eigenvalue weighted by atomic mass is 127. The second-order valence-corrected chi connectivity index (χ2v) is 7.02. The Morgan fingerprint density at radius 3 is 2.33 bits per heavy atom. The third-order valence-corrected chi connectivity index (χ3v) is 4.80. The molecule has 1 unspecified atom stereocenters. The number of hydrogen-bond acceptors (Lipinski definition) is 4. The highest BCUT2D eigenvalue weighted by Gasteiger charge is 2.11. The maximum atomic E-state index is 5.38. The maximum absolute atomic E-state index is 5.38. The van der Waals surface area contributed by atoms with Crippen LogP contribution >= 0.6 is 24.0 Å². The van der Waals surface area contributed by atoms with Crippen LogP contribution in [0.2, 0.25) is 0 Å². The van der Waals surface area contributed by atoms with Gasteiger partial charge in [0.15, 0.2) is 17.5 Å². The summed E-state index contributed by atoms with van der Waals surface area (Å²) in [4.78, 5) is 7.04. The Morgan fingerprint density at radius 2 is 1.70 bits per heavy atom. The number of hydrogen-bond donors (Lipinski definition) is 2. The van der Waals surface area contributed by atoms with Gasteiger partial charge in [-0.2, -0.15) is 0 Å². The second kappa shape index (κ2) is 14.1. The predicted octanol–water partition coefficient (Wildman–Crippen LogP) is 3.90. The molecule has 30 heavy (non-hydrogen) atoms. The van der Waals surface area contributed by atoms with Crippen molar-refractivity contribution < 1.29 is 9.47 Å². The van der Waals surface area contributed by atoms with Gasteiger partial charge in [0, 0.05) is 25.7 Å². The minimum atomic E-state index is 0. The van der Waals surface area contributed by atoms with E-state index in [4.69, 9.17) is 14.5 Å². The number of halogens is 1. The normalized spacial score (nSPS) is 12.1. The molecule has 2 rings (SSSR count). The van der Waals surface area contributed by atoms with Gasteiger partial charge in [0.2, 0.25) is 0 Å². The molecule has 0 radical (unpaired) electrons. The summed E-state index contributed by atoms with van der Waals surface area (Å²) in [7, 11) is 5.43. The summed E-state index contributed by atoms with van der Waals surface area (Å²) in [6.45, 7) is 7.38.